The van der Waals surface area contributed by atoms with Crippen molar-refractivity contribution < 1.29 is 4.92 Å². The average molecular weight is 327 g/mol. The summed E-state index contributed by atoms with van der Waals surface area (Å²) in [6, 6.07) is 5.24. The van der Waals surface area contributed by atoms with E-state index in [1.165, 1.54) is 19.3 Å². The molecule has 0 radical (unpaired) electrons. The quantitative estimate of drug-likeness (QED) is 0.667. The van der Waals surface area contributed by atoms with Gasteiger partial charge in [0.15, 0.2) is 0 Å². The van der Waals surface area contributed by atoms with Crippen molar-refractivity contribution in [1.82, 2.24) is 5.32 Å². The molecule has 0 aliphatic heterocycles. The van der Waals surface area contributed by atoms with Crippen LogP contribution in [0.3, 0.4) is 0 Å². The van der Waals surface area contributed by atoms with Gasteiger partial charge in [-0.3, -0.25) is 10.1 Å². The topological polar surface area (TPSA) is 55.2 Å². The van der Waals surface area contributed by atoms with E-state index in [1.54, 1.807) is 6.07 Å². The lowest BCUT2D eigenvalue weighted by Crippen LogP contribution is -2.43. The normalized spacial score (nSPS) is 18.2. The Morgan fingerprint density at radius 3 is 2.68 bits per heavy atom. The highest BCUT2D eigenvalue weighted by atomic mass is 79.9. The molecule has 19 heavy (non-hydrogen) atoms. The summed E-state index contributed by atoms with van der Waals surface area (Å²) in [6.07, 6.45) is 6.09. The van der Waals surface area contributed by atoms with Crippen LogP contribution >= 0.6 is 15.9 Å². The zero-order valence-corrected chi connectivity index (χ0v) is 12.7. The van der Waals surface area contributed by atoms with Gasteiger partial charge in [-0.2, -0.15) is 0 Å². The fourth-order valence-electron chi connectivity index (χ4n) is 2.67. The lowest BCUT2D eigenvalue weighted by Gasteiger charge is -2.34. The Labute approximate surface area is 121 Å². The molecular formula is C14H19BrN2O2. The molecular weight excluding hydrogens is 308 g/mol. The molecule has 2 rings (SSSR count). The Morgan fingerprint density at radius 2 is 2.05 bits per heavy atom. The molecule has 1 aromatic rings. The number of nitrogens with one attached hydrogen (secondary N) is 1. The minimum Gasteiger partial charge on any atom is -0.307 e. The molecule has 0 saturated heterocycles. The second kappa shape index (κ2) is 6.01. The predicted molar refractivity (Wildman–Crippen MR) is 79.1 cm³/mol. The average Bonchev–Trinajstić information content (AvgIpc) is 2.38. The van der Waals surface area contributed by atoms with E-state index in [0.717, 1.165) is 22.9 Å². The Kier molecular flexibility index (Phi) is 4.58. The molecule has 1 aliphatic rings. The Hall–Kier alpha value is -0.940. The van der Waals surface area contributed by atoms with Crippen molar-refractivity contribution in [2.24, 2.45) is 0 Å². The minimum atomic E-state index is -0.315. The number of nitrogens with zero attached hydrogens (tertiary/aromatic N) is 1. The van der Waals surface area contributed by atoms with Gasteiger partial charge < -0.3 is 5.32 Å². The Morgan fingerprint density at radius 1 is 1.37 bits per heavy atom. The third kappa shape index (κ3) is 3.76. The van der Waals surface area contributed by atoms with Crippen LogP contribution in [0, 0.1) is 10.1 Å². The summed E-state index contributed by atoms with van der Waals surface area (Å²) in [6.45, 7) is 2.77. The standard InChI is InChI=1S/C14H19BrN2O2/c1-14(7-3-2-4-8-14)16-10-11-5-6-12(15)9-13(11)17(18)19/h5-6,9,16H,2-4,7-8,10H2,1H3. The van der Waals surface area contributed by atoms with Gasteiger partial charge in [-0.15, -0.1) is 0 Å². The Bertz CT molecular complexity index is 471. The minimum absolute atomic E-state index is 0.124. The number of nitro benzene ring substituents is 1. The lowest BCUT2D eigenvalue weighted by molar-refractivity contribution is -0.385. The number of nitro groups is 1. The lowest BCUT2D eigenvalue weighted by atomic mass is 9.83. The van der Waals surface area contributed by atoms with Gasteiger partial charge in [0.25, 0.3) is 5.69 Å². The maximum Gasteiger partial charge on any atom is 0.275 e. The molecule has 1 saturated carbocycles. The first-order chi connectivity index (χ1) is 9.00. The third-order valence-electron chi connectivity index (χ3n) is 3.91. The molecule has 0 atom stereocenters. The fourth-order valence-corrected chi connectivity index (χ4v) is 3.02. The van der Waals surface area contributed by atoms with Crippen molar-refractivity contribution in [2.75, 3.05) is 0 Å². The molecule has 104 valence electrons. The smallest absolute Gasteiger partial charge is 0.275 e. The van der Waals surface area contributed by atoms with Crippen LogP contribution in [0.25, 0.3) is 0 Å². The van der Waals surface area contributed by atoms with E-state index in [2.05, 4.69) is 28.2 Å². The van der Waals surface area contributed by atoms with E-state index in [-0.39, 0.29) is 16.1 Å². The zero-order chi connectivity index (χ0) is 13.9. The Balaban J connectivity index is 2.08. The molecule has 1 aromatic carbocycles. The van der Waals surface area contributed by atoms with Crippen LogP contribution in [-0.2, 0) is 6.54 Å². The summed E-state index contributed by atoms with van der Waals surface area (Å²) < 4.78 is 0.742. The van der Waals surface area contributed by atoms with Gasteiger partial charge in [0.05, 0.1) is 4.92 Å². The van der Waals surface area contributed by atoms with Crippen molar-refractivity contribution in [2.45, 2.75) is 51.1 Å². The molecule has 0 heterocycles. The second-order valence-electron chi connectivity index (χ2n) is 5.51. The summed E-state index contributed by atoms with van der Waals surface area (Å²) >= 11 is 3.28. The van der Waals surface area contributed by atoms with E-state index in [1.807, 2.05) is 12.1 Å². The summed E-state index contributed by atoms with van der Waals surface area (Å²) in [5.41, 5.74) is 1.06. The molecule has 1 aliphatic carbocycles. The van der Waals surface area contributed by atoms with Gasteiger partial charge in [-0.25, -0.2) is 0 Å². The highest BCUT2D eigenvalue weighted by Crippen LogP contribution is 2.29. The van der Waals surface area contributed by atoms with Crippen LogP contribution < -0.4 is 5.32 Å². The number of halogens is 1. The highest BCUT2D eigenvalue weighted by Gasteiger charge is 2.26. The number of benzene rings is 1. The molecule has 0 aromatic heterocycles. The molecule has 0 bridgehead atoms. The van der Waals surface area contributed by atoms with E-state index in [9.17, 15) is 10.1 Å². The maximum absolute atomic E-state index is 11.1. The third-order valence-corrected chi connectivity index (χ3v) is 4.40. The number of hydrogen-bond acceptors (Lipinski definition) is 3. The van der Waals surface area contributed by atoms with Gasteiger partial charge in [-0.05, 0) is 31.9 Å². The van der Waals surface area contributed by atoms with Crippen LogP contribution in [0.5, 0.6) is 0 Å². The summed E-state index contributed by atoms with van der Waals surface area (Å²) in [7, 11) is 0. The van der Waals surface area contributed by atoms with Crippen LogP contribution in [0.4, 0.5) is 5.69 Å². The summed E-state index contributed by atoms with van der Waals surface area (Å²) in [5, 5.41) is 14.6. The largest absolute Gasteiger partial charge is 0.307 e. The van der Waals surface area contributed by atoms with Crippen molar-refractivity contribution >= 4 is 21.6 Å². The van der Waals surface area contributed by atoms with Gasteiger partial charge in [0.2, 0.25) is 0 Å². The predicted octanol–water partition coefficient (Wildman–Crippen LogP) is 4.17. The second-order valence-corrected chi connectivity index (χ2v) is 6.42. The van der Waals surface area contributed by atoms with Crippen molar-refractivity contribution in [3.63, 3.8) is 0 Å². The monoisotopic (exact) mass is 326 g/mol. The number of rotatable bonds is 4. The fraction of sp³-hybridized carbons (Fsp3) is 0.571. The van der Waals surface area contributed by atoms with Crippen molar-refractivity contribution in [3.05, 3.63) is 38.3 Å². The molecule has 1 fully saturated rings. The molecule has 0 unspecified atom stereocenters. The van der Waals surface area contributed by atoms with Crippen LogP contribution in [0.2, 0.25) is 0 Å². The van der Waals surface area contributed by atoms with Gasteiger partial charge in [0.1, 0.15) is 0 Å². The van der Waals surface area contributed by atoms with Gasteiger partial charge in [-0.1, -0.05) is 35.2 Å². The summed E-state index contributed by atoms with van der Waals surface area (Å²) in [5.74, 6) is 0. The molecule has 0 spiro atoms. The maximum atomic E-state index is 11.1. The SMILES string of the molecule is CC1(NCc2ccc(Br)cc2[N+](=O)[O-])CCCCC1. The van der Waals surface area contributed by atoms with E-state index in [0.29, 0.717) is 6.54 Å². The van der Waals surface area contributed by atoms with Gasteiger partial charge in [0, 0.05) is 28.2 Å². The van der Waals surface area contributed by atoms with Gasteiger partial charge >= 0.3 is 0 Å². The highest BCUT2D eigenvalue weighted by molar-refractivity contribution is 9.10. The first-order valence-corrected chi connectivity index (χ1v) is 7.47. The van der Waals surface area contributed by atoms with Crippen LogP contribution in [0.15, 0.2) is 22.7 Å². The number of hydrogen-bond donors (Lipinski definition) is 1. The first kappa shape index (κ1) is 14.5. The van der Waals surface area contributed by atoms with E-state index >= 15 is 0 Å². The molecule has 5 heteroatoms. The van der Waals surface area contributed by atoms with Crippen molar-refractivity contribution in [3.8, 4) is 0 Å². The van der Waals surface area contributed by atoms with Crippen LogP contribution in [0.1, 0.15) is 44.6 Å². The van der Waals surface area contributed by atoms with E-state index < -0.39 is 0 Å². The summed E-state index contributed by atoms with van der Waals surface area (Å²) in [4.78, 5) is 10.7. The van der Waals surface area contributed by atoms with E-state index in [4.69, 9.17) is 0 Å². The first-order valence-electron chi connectivity index (χ1n) is 6.68. The van der Waals surface area contributed by atoms with Crippen LogP contribution in [-0.4, -0.2) is 10.5 Å². The van der Waals surface area contributed by atoms with Crippen molar-refractivity contribution in [1.29, 1.82) is 0 Å². The molecule has 1 N–H and O–H groups in total. The zero-order valence-electron chi connectivity index (χ0n) is 11.1. The molecule has 0 amide bonds. The molecule has 4 nitrogen and oxygen atoms in total.